The van der Waals surface area contributed by atoms with Gasteiger partial charge in [-0.25, -0.2) is 4.58 Å². The average Bonchev–Trinajstić information content (AvgIpc) is 2.79. The van der Waals surface area contributed by atoms with Crippen LogP contribution in [0, 0.1) is 5.41 Å². The first-order valence-corrected chi connectivity index (χ1v) is 15.5. The second kappa shape index (κ2) is 12.1. The molecule has 0 aromatic carbocycles. The van der Waals surface area contributed by atoms with Crippen LogP contribution in [0.4, 0.5) is 5.00 Å². The lowest BCUT2D eigenvalue weighted by molar-refractivity contribution is 0.355. The molecule has 0 fully saturated rings. The van der Waals surface area contributed by atoms with E-state index in [0.29, 0.717) is 0 Å². The number of nitrogens with zero attached hydrogens (tertiary/aromatic N) is 2. The summed E-state index contributed by atoms with van der Waals surface area (Å²) in [5.74, 6) is 0. The smallest absolute Gasteiger partial charge is 0.258 e. The molecular weight excluding hydrogens is 493 g/mol. The summed E-state index contributed by atoms with van der Waals surface area (Å²) in [6.07, 6.45) is 22.7. The van der Waals surface area contributed by atoms with E-state index in [1.807, 2.05) is 46.6 Å². The molecular formula is C28H37N2S4+. The minimum atomic E-state index is 0.254. The summed E-state index contributed by atoms with van der Waals surface area (Å²) in [6.45, 7) is 4.75. The molecule has 0 saturated heterocycles. The van der Waals surface area contributed by atoms with E-state index in [1.54, 1.807) is 0 Å². The van der Waals surface area contributed by atoms with Gasteiger partial charge in [-0.05, 0) is 71.3 Å². The van der Waals surface area contributed by atoms with Gasteiger partial charge >= 0.3 is 0 Å². The molecule has 182 valence electrons. The Morgan fingerprint density at radius 1 is 0.941 bits per heavy atom. The van der Waals surface area contributed by atoms with Crippen molar-refractivity contribution in [2.75, 3.05) is 45.6 Å². The molecule has 0 spiro atoms. The van der Waals surface area contributed by atoms with E-state index in [9.17, 15) is 0 Å². The summed E-state index contributed by atoms with van der Waals surface area (Å²) in [5, 5.41) is 1.26. The predicted molar refractivity (Wildman–Crippen MR) is 163 cm³/mol. The lowest BCUT2D eigenvalue weighted by atomic mass is 9.75. The Hall–Kier alpha value is -1.34. The van der Waals surface area contributed by atoms with Crippen molar-refractivity contribution in [2.24, 2.45) is 5.41 Å². The summed E-state index contributed by atoms with van der Waals surface area (Å²) < 4.78 is 6.16. The molecule has 1 aromatic rings. The van der Waals surface area contributed by atoms with Crippen molar-refractivity contribution in [3.05, 3.63) is 84.0 Å². The molecule has 34 heavy (non-hydrogen) atoms. The lowest BCUT2D eigenvalue weighted by Crippen LogP contribution is -2.20. The maximum atomic E-state index is 2.39. The Bertz CT molecular complexity index is 1150. The van der Waals surface area contributed by atoms with Crippen molar-refractivity contribution in [3.8, 4) is 0 Å². The zero-order valence-electron chi connectivity index (χ0n) is 21.6. The minimum Gasteiger partial charge on any atom is -0.369 e. The molecule has 0 bridgehead atoms. The number of hydrogen-bond acceptors (Lipinski definition) is 5. The van der Waals surface area contributed by atoms with Gasteiger partial charge in [-0.1, -0.05) is 67.3 Å². The van der Waals surface area contributed by atoms with Crippen molar-refractivity contribution in [3.63, 3.8) is 0 Å². The Balaban J connectivity index is 1.92. The number of anilines is 1. The van der Waals surface area contributed by atoms with E-state index in [1.165, 1.54) is 40.4 Å². The maximum absolute atomic E-state index is 2.39. The van der Waals surface area contributed by atoms with Crippen LogP contribution < -0.4 is 14.1 Å². The molecule has 1 aliphatic heterocycles. The summed E-state index contributed by atoms with van der Waals surface area (Å²) in [7, 11) is 8.43. The van der Waals surface area contributed by atoms with E-state index in [0.717, 1.165) is 12.8 Å². The van der Waals surface area contributed by atoms with E-state index in [2.05, 4.69) is 119 Å². The van der Waals surface area contributed by atoms with E-state index >= 15 is 0 Å². The largest absolute Gasteiger partial charge is 0.369 e. The molecule has 1 aromatic heterocycles. The lowest BCUT2D eigenvalue weighted by Gasteiger charge is -2.30. The first kappa shape index (κ1) is 27.3. The SMILES string of the molecule is CSC1=CC(=C/C=C2C=C(/C=C/c3cc(N(C)C)sc(=[N+](C)C)c3)CC(C)(C)C/2)C=C(SC)S1. The van der Waals surface area contributed by atoms with Crippen LogP contribution in [0.25, 0.3) is 6.08 Å². The Labute approximate surface area is 223 Å². The van der Waals surface area contributed by atoms with Crippen molar-refractivity contribution >= 4 is 57.7 Å². The predicted octanol–water partition coefficient (Wildman–Crippen LogP) is 7.61. The number of rotatable bonds is 6. The van der Waals surface area contributed by atoms with Crippen molar-refractivity contribution in [1.29, 1.82) is 0 Å². The first-order valence-electron chi connectivity index (χ1n) is 11.4. The van der Waals surface area contributed by atoms with E-state index in [-0.39, 0.29) is 5.41 Å². The fourth-order valence-corrected chi connectivity index (χ4v) is 7.36. The van der Waals surface area contributed by atoms with Crippen LogP contribution in [0.5, 0.6) is 0 Å². The molecule has 2 aliphatic rings. The van der Waals surface area contributed by atoms with Gasteiger partial charge in [-0.2, -0.15) is 0 Å². The second-order valence-electron chi connectivity index (χ2n) is 9.77. The molecule has 2 heterocycles. The molecule has 2 nitrogen and oxygen atoms in total. The molecule has 1 aliphatic carbocycles. The molecule has 0 unspecified atom stereocenters. The summed E-state index contributed by atoms with van der Waals surface area (Å²) in [5.41, 5.74) is 5.58. The third-order valence-corrected chi connectivity index (χ3v) is 10.1. The molecule has 3 rings (SSSR count). The quantitative estimate of drug-likeness (QED) is 0.350. The van der Waals surface area contributed by atoms with Crippen LogP contribution in [0.15, 0.2) is 73.8 Å². The molecule has 0 atom stereocenters. The molecule has 0 radical (unpaired) electrons. The van der Waals surface area contributed by atoms with Crippen molar-refractivity contribution in [1.82, 2.24) is 4.58 Å². The Morgan fingerprint density at radius 2 is 1.62 bits per heavy atom. The van der Waals surface area contributed by atoms with Crippen molar-refractivity contribution < 1.29 is 0 Å². The van der Waals surface area contributed by atoms with Gasteiger partial charge in [0.1, 0.15) is 14.1 Å². The van der Waals surface area contributed by atoms with Gasteiger partial charge in [-0.3, -0.25) is 0 Å². The third kappa shape index (κ3) is 7.84. The highest BCUT2D eigenvalue weighted by Gasteiger charge is 2.24. The normalized spacial score (nSPS) is 19.1. The van der Waals surface area contributed by atoms with Crippen LogP contribution in [0.3, 0.4) is 0 Å². The van der Waals surface area contributed by atoms with Gasteiger partial charge < -0.3 is 4.90 Å². The molecule has 0 saturated carbocycles. The number of hydrogen-bond donors (Lipinski definition) is 0. The fraction of sp³-hybridized carbons (Fsp3) is 0.393. The van der Waals surface area contributed by atoms with Crippen LogP contribution in [-0.2, 0) is 0 Å². The molecule has 0 amide bonds. The number of thioether (sulfide) groups is 3. The zero-order valence-corrected chi connectivity index (χ0v) is 24.9. The summed E-state index contributed by atoms with van der Waals surface area (Å²) in [6, 6.07) is 4.55. The van der Waals surface area contributed by atoms with Crippen LogP contribution >= 0.6 is 46.6 Å². The maximum Gasteiger partial charge on any atom is 0.258 e. The van der Waals surface area contributed by atoms with Gasteiger partial charge in [0.2, 0.25) is 0 Å². The topological polar surface area (TPSA) is 6.25 Å². The second-order valence-corrected chi connectivity index (χ2v) is 14.1. The third-order valence-electron chi connectivity index (χ3n) is 5.56. The van der Waals surface area contributed by atoms with Crippen LogP contribution in [0.1, 0.15) is 32.3 Å². The van der Waals surface area contributed by atoms with Crippen LogP contribution in [-0.4, -0.2) is 40.7 Å². The van der Waals surface area contributed by atoms with Crippen molar-refractivity contribution in [2.45, 2.75) is 26.7 Å². The summed E-state index contributed by atoms with van der Waals surface area (Å²) >= 11 is 7.32. The van der Waals surface area contributed by atoms with E-state index < -0.39 is 0 Å². The van der Waals surface area contributed by atoms with Crippen LogP contribution in [0.2, 0.25) is 0 Å². The molecule has 0 N–H and O–H groups in total. The van der Waals surface area contributed by atoms with Gasteiger partial charge in [0.15, 0.2) is 0 Å². The highest BCUT2D eigenvalue weighted by atomic mass is 32.2. The Morgan fingerprint density at radius 3 is 2.21 bits per heavy atom. The average molecular weight is 530 g/mol. The fourth-order valence-electron chi connectivity index (χ4n) is 3.93. The van der Waals surface area contributed by atoms with Gasteiger partial charge in [0.05, 0.1) is 5.00 Å². The standard InChI is InChI=1S/C28H37N2S4/c1-28(2)18-22(11-9-20-14-24(29(3)4)33-25(15-20)30(5)6)13-23(19-28)12-10-21-16-26(31-7)34-27(17-21)32-8/h9-17H,18-19H2,1-8H3/q+1/b11-9+,23-12-. The molecule has 6 heteroatoms. The number of allylic oxidation sites excluding steroid dienone is 9. The minimum absolute atomic E-state index is 0.254. The monoisotopic (exact) mass is 529 g/mol. The first-order chi connectivity index (χ1) is 16.1. The van der Waals surface area contributed by atoms with Gasteiger partial charge in [-0.15, -0.1) is 23.5 Å². The van der Waals surface area contributed by atoms with E-state index in [4.69, 9.17) is 0 Å². The summed E-state index contributed by atoms with van der Waals surface area (Å²) in [4.78, 5) is 2.18. The highest BCUT2D eigenvalue weighted by Crippen LogP contribution is 2.43. The van der Waals surface area contributed by atoms with Gasteiger partial charge in [0, 0.05) is 28.6 Å². The Kier molecular flexibility index (Phi) is 9.67. The highest BCUT2D eigenvalue weighted by molar-refractivity contribution is 8.31. The van der Waals surface area contributed by atoms with Gasteiger partial charge in [0.25, 0.3) is 4.67 Å². The zero-order chi connectivity index (χ0) is 24.9.